The van der Waals surface area contributed by atoms with Crippen LogP contribution in [0, 0.1) is 0 Å². The van der Waals surface area contributed by atoms with Crippen molar-refractivity contribution in [2.45, 2.75) is 51.5 Å². The number of amides is 1. The first kappa shape index (κ1) is 17.2. The fraction of sp³-hybridized carbons (Fsp3) is 0.529. The number of methoxy groups -OCH3 is 1. The second-order valence-electron chi connectivity index (χ2n) is 5.15. The van der Waals surface area contributed by atoms with Gasteiger partial charge in [-0.25, -0.2) is 4.79 Å². The number of carbonyl (C=O) groups is 2. The van der Waals surface area contributed by atoms with Crippen LogP contribution in [0.1, 0.15) is 44.6 Å². The Balaban J connectivity index is 2.47. The van der Waals surface area contributed by atoms with Crippen LogP contribution in [0.3, 0.4) is 0 Å². The van der Waals surface area contributed by atoms with Crippen LogP contribution in [0.25, 0.3) is 0 Å². The van der Waals surface area contributed by atoms with Crippen LogP contribution in [0.15, 0.2) is 30.3 Å². The molecule has 1 aromatic carbocycles. The lowest BCUT2D eigenvalue weighted by atomic mass is 10.1. The van der Waals surface area contributed by atoms with Crippen molar-refractivity contribution in [2.24, 2.45) is 0 Å². The number of hydrogen-bond donors (Lipinski definition) is 1. The molecular weight excluding hydrogens is 266 g/mol. The molecule has 1 aromatic rings. The van der Waals surface area contributed by atoms with E-state index in [-0.39, 0.29) is 18.3 Å². The van der Waals surface area contributed by atoms with E-state index in [2.05, 4.69) is 12.2 Å². The second-order valence-corrected chi connectivity index (χ2v) is 5.15. The Morgan fingerprint density at radius 2 is 1.86 bits per heavy atom. The van der Waals surface area contributed by atoms with Crippen LogP contribution in [-0.2, 0) is 20.7 Å². The molecule has 116 valence electrons. The highest BCUT2D eigenvalue weighted by Gasteiger charge is 2.20. The van der Waals surface area contributed by atoms with E-state index in [9.17, 15) is 9.59 Å². The molecule has 1 N–H and O–H groups in total. The SMILES string of the molecule is CCCCCC[C@H](NC(=O)Cc1ccccc1)C(=O)OC. The zero-order chi connectivity index (χ0) is 15.5. The molecule has 0 saturated carbocycles. The number of nitrogens with one attached hydrogen (secondary N) is 1. The van der Waals surface area contributed by atoms with Gasteiger partial charge in [0.05, 0.1) is 13.5 Å². The number of carbonyl (C=O) groups excluding carboxylic acids is 2. The lowest BCUT2D eigenvalue weighted by molar-refractivity contribution is -0.145. The van der Waals surface area contributed by atoms with Gasteiger partial charge in [-0.2, -0.15) is 0 Å². The van der Waals surface area contributed by atoms with Gasteiger partial charge in [0.25, 0.3) is 0 Å². The Bertz CT molecular complexity index is 431. The first-order valence-corrected chi connectivity index (χ1v) is 7.58. The lowest BCUT2D eigenvalue weighted by Gasteiger charge is -2.16. The van der Waals surface area contributed by atoms with Crippen LogP contribution in [0.4, 0.5) is 0 Å². The first-order chi connectivity index (χ1) is 10.2. The molecule has 4 heteroatoms. The number of hydrogen-bond acceptors (Lipinski definition) is 3. The van der Waals surface area contributed by atoms with Crippen molar-refractivity contribution in [3.63, 3.8) is 0 Å². The minimum atomic E-state index is -0.539. The smallest absolute Gasteiger partial charge is 0.328 e. The number of esters is 1. The van der Waals surface area contributed by atoms with Gasteiger partial charge in [-0.05, 0) is 12.0 Å². The summed E-state index contributed by atoms with van der Waals surface area (Å²) in [6.07, 6.45) is 5.18. The third-order valence-electron chi connectivity index (χ3n) is 3.37. The van der Waals surface area contributed by atoms with Gasteiger partial charge < -0.3 is 10.1 Å². The standard InChI is InChI=1S/C17H25NO3/c1-3-4-5-9-12-15(17(20)21-2)18-16(19)13-14-10-7-6-8-11-14/h6-8,10-11,15H,3-5,9,12-13H2,1-2H3,(H,18,19)/t15-/m0/s1. The van der Waals surface area contributed by atoms with Gasteiger partial charge in [0.2, 0.25) is 5.91 Å². The van der Waals surface area contributed by atoms with Gasteiger partial charge in [0.1, 0.15) is 6.04 Å². The third-order valence-corrected chi connectivity index (χ3v) is 3.37. The molecule has 0 spiro atoms. The zero-order valence-corrected chi connectivity index (χ0v) is 12.9. The van der Waals surface area contributed by atoms with Crippen LogP contribution in [0.2, 0.25) is 0 Å². The molecule has 4 nitrogen and oxygen atoms in total. The number of ether oxygens (including phenoxy) is 1. The topological polar surface area (TPSA) is 55.4 Å². The van der Waals surface area contributed by atoms with Crippen molar-refractivity contribution >= 4 is 11.9 Å². The molecule has 0 radical (unpaired) electrons. The largest absolute Gasteiger partial charge is 0.467 e. The molecule has 0 aliphatic rings. The van der Waals surface area contributed by atoms with Crippen molar-refractivity contribution in [2.75, 3.05) is 7.11 Å². The highest BCUT2D eigenvalue weighted by atomic mass is 16.5. The summed E-state index contributed by atoms with van der Waals surface area (Å²) in [7, 11) is 1.35. The number of benzene rings is 1. The predicted molar refractivity (Wildman–Crippen MR) is 82.9 cm³/mol. The summed E-state index contributed by atoms with van der Waals surface area (Å²) < 4.78 is 4.77. The Hall–Kier alpha value is -1.84. The molecule has 0 heterocycles. The van der Waals surface area contributed by atoms with E-state index in [1.807, 2.05) is 30.3 Å². The van der Waals surface area contributed by atoms with Crippen molar-refractivity contribution < 1.29 is 14.3 Å². The van der Waals surface area contributed by atoms with E-state index in [0.717, 1.165) is 31.2 Å². The summed E-state index contributed by atoms with van der Waals surface area (Å²) in [5.41, 5.74) is 0.935. The maximum atomic E-state index is 12.0. The monoisotopic (exact) mass is 291 g/mol. The molecule has 0 aliphatic carbocycles. The average molecular weight is 291 g/mol. The van der Waals surface area contributed by atoms with Crippen molar-refractivity contribution in [1.82, 2.24) is 5.32 Å². The Labute approximate surface area is 126 Å². The van der Waals surface area contributed by atoms with Crippen molar-refractivity contribution in [3.8, 4) is 0 Å². The summed E-state index contributed by atoms with van der Waals surface area (Å²) in [4.78, 5) is 23.7. The van der Waals surface area contributed by atoms with Crippen molar-refractivity contribution in [3.05, 3.63) is 35.9 Å². The Kier molecular flexibility index (Phi) is 8.17. The highest BCUT2D eigenvalue weighted by Crippen LogP contribution is 2.08. The second kappa shape index (κ2) is 9.97. The van der Waals surface area contributed by atoms with Gasteiger partial charge in [0, 0.05) is 0 Å². The van der Waals surface area contributed by atoms with Gasteiger partial charge in [-0.1, -0.05) is 62.9 Å². The summed E-state index contributed by atoms with van der Waals surface area (Å²) in [6.45, 7) is 2.14. The normalized spacial score (nSPS) is 11.7. The molecule has 0 aromatic heterocycles. The molecule has 21 heavy (non-hydrogen) atoms. The molecule has 1 amide bonds. The minimum Gasteiger partial charge on any atom is -0.467 e. The van der Waals surface area contributed by atoms with Gasteiger partial charge in [0.15, 0.2) is 0 Å². The molecule has 1 rings (SSSR count). The van der Waals surface area contributed by atoms with Crippen LogP contribution >= 0.6 is 0 Å². The van der Waals surface area contributed by atoms with Gasteiger partial charge >= 0.3 is 5.97 Å². The van der Waals surface area contributed by atoms with Crippen molar-refractivity contribution in [1.29, 1.82) is 0 Å². The molecular formula is C17H25NO3. The summed E-state index contributed by atoms with van der Waals surface area (Å²) in [6, 6.07) is 8.95. The molecule has 0 bridgehead atoms. The number of unbranched alkanes of at least 4 members (excludes halogenated alkanes) is 3. The molecule has 0 saturated heterocycles. The molecule has 1 atom stereocenters. The van der Waals surface area contributed by atoms with E-state index < -0.39 is 6.04 Å². The minimum absolute atomic E-state index is 0.146. The highest BCUT2D eigenvalue weighted by molar-refractivity contribution is 5.85. The Morgan fingerprint density at radius 1 is 1.14 bits per heavy atom. The van der Waals surface area contributed by atoms with E-state index in [4.69, 9.17) is 4.74 Å². The fourth-order valence-electron chi connectivity index (χ4n) is 2.19. The maximum Gasteiger partial charge on any atom is 0.328 e. The maximum absolute atomic E-state index is 12.0. The molecule has 0 aliphatic heterocycles. The Morgan fingerprint density at radius 3 is 2.48 bits per heavy atom. The van der Waals surface area contributed by atoms with Crippen LogP contribution in [0.5, 0.6) is 0 Å². The summed E-state index contributed by atoms with van der Waals surface area (Å²) in [5, 5.41) is 2.78. The molecule has 0 unspecified atom stereocenters. The summed E-state index contributed by atoms with van der Waals surface area (Å²) >= 11 is 0. The van der Waals surface area contributed by atoms with Gasteiger partial charge in [-0.15, -0.1) is 0 Å². The average Bonchev–Trinajstić information content (AvgIpc) is 2.50. The van der Waals surface area contributed by atoms with E-state index in [0.29, 0.717) is 6.42 Å². The lowest BCUT2D eigenvalue weighted by Crippen LogP contribution is -2.42. The van der Waals surface area contributed by atoms with E-state index in [1.165, 1.54) is 7.11 Å². The number of rotatable bonds is 9. The van der Waals surface area contributed by atoms with Crippen LogP contribution < -0.4 is 5.32 Å². The predicted octanol–water partition coefficient (Wildman–Crippen LogP) is 2.86. The third kappa shape index (κ3) is 6.93. The first-order valence-electron chi connectivity index (χ1n) is 7.58. The van der Waals surface area contributed by atoms with Gasteiger partial charge in [-0.3, -0.25) is 4.79 Å². The quantitative estimate of drug-likeness (QED) is 0.562. The zero-order valence-electron chi connectivity index (χ0n) is 12.9. The molecule has 0 fully saturated rings. The van der Waals surface area contributed by atoms with Crippen LogP contribution in [-0.4, -0.2) is 25.0 Å². The fourth-order valence-corrected chi connectivity index (χ4v) is 2.19. The summed E-state index contributed by atoms with van der Waals surface area (Å²) in [5.74, 6) is -0.514. The van der Waals surface area contributed by atoms with E-state index >= 15 is 0 Å². The van der Waals surface area contributed by atoms with E-state index in [1.54, 1.807) is 0 Å².